The summed E-state index contributed by atoms with van der Waals surface area (Å²) in [5, 5.41) is 8.98. The van der Waals surface area contributed by atoms with Gasteiger partial charge in [0.2, 0.25) is 5.78 Å². The fraction of sp³-hybridized carbons (Fsp3) is 0.312. The van der Waals surface area contributed by atoms with E-state index in [1.165, 1.54) is 11.8 Å². The monoisotopic (exact) mass is 346 g/mol. The Balaban J connectivity index is 1.90. The summed E-state index contributed by atoms with van der Waals surface area (Å²) in [5.41, 5.74) is 1.76. The lowest BCUT2D eigenvalue weighted by Gasteiger charge is -2.08. The minimum atomic E-state index is -0.166. The highest BCUT2D eigenvalue weighted by Crippen LogP contribution is 2.28. The molecule has 0 unspecified atom stereocenters. The van der Waals surface area contributed by atoms with Crippen LogP contribution < -0.4 is 15.0 Å². The number of nitrogens with one attached hydrogen (secondary N) is 1. The quantitative estimate of drug-likeness (QED) is 0.690. The molecule has 2 heterocycles. The fourth-order valence-corrected chi connectivity index (χ4v) is 3.32. The number of thioether (sulfide) groups is 1. The Morgan fingerprint density at radius 2 is 1.83 bits per heavy atom. The van der Waals surface area contributed by atoms with Gasteiger partial charge in [-0.2, -0.15) is 0 Å². The minimum absolute atomic E-state index is 0.166. The molecule has 0 spiro atoms. The molecule has 8 heteroatoms. The lowest BCUT2D eigenvalue weighted by atomic mass is 10.2. The van der Waals surface area contributed by atoms with Crippen molar-refractivity contribution in [3.8, 4) is 11.5 Å². The normalized spacial score (nSPS) is 11.0. The molecule has 1 N–H and O–H groups in total. The summed E-state index contributed by atoms with van der Waals surface area (Å²) in [6.07, 6.45) is 0.721. The van der Waals surface area contributed by atoms with Gasteiger partial charge in [0.1, 0.15) is 11.5 Å². The standard InChI is InChI=1S/C16H18N4O3S/c1-4-11-7-14(21)17-15-18-19-16(20(11)15)24-9-10-5-12(22-2)8-13(6-10)23-3/h5-8H,4,9H2,1-3H3,(H,17,18,21). The Kier molecular flexibility index (Phi) is 4.75. The van der Waals surface area contributed by atoms with Crippen molar-refractivity contribution in [2.24, 2.45) is 0 Å². The maximum Gasteiger partial charge on any atom is 0.252 e. The van der Waals surface area contributed by atoms with Gasteiger partial charge in [-0.1, -0.05) is 18.7 Å². The first-order chi connectivity index (χ1) is 11.6. The molecule has 24 heavy (non-hydrogen) atoms. The first-order valence-corrected chi connectivity index (χ1v) is 8.45. The van der Waals surface area contributed by atoms with Crippen molar-refractivity contribution in [3.05, 3.63) is 45.9 Å². The van der Waals surface area contributed by atoms with E-state index in [0.29, 0.717) is 11.5 Å². The van der Waals surface area contributed by atoms with Crippen molar-refractivity contribution in [2.75, 3.05) is 14.2 Å². The molecule has 0 aliphatic carbocycles. The van der Waals surface area contributed by atoms with Gasteiger partial charge in [-0.25, -0.2) is 0 Å². The summed E-state index contributed by atoms with van der Waals surface area (Å²) in [6, 6.07) is 7.33. The molecule has 0 bridgehead atoms. The summed E-state index contributed by atoms with van der Waals surface area (Å²) in [5.74, 6) is 2.63. The number of H-pyrrole nitrogens is 1. The molecule has 0 saturated heterocycles. The molecule has 2 aromatic heterocycles. The molecule has 0 radical (unpaired) electrons. The molecule has 3 aromatic rings. The lowest BCUT2D eigenvalue weighted by molar-refractivity contribution is 0.393. The Hall–Kier alpha value is -2.48. The van der Waals surface area contributed by atoms with Crippen molar-refractivity contribution < 1.29 is 9.47 Å². The molecule has 0 amide bonds. The number of hydrogen-bond donors (Lipinski definition) is 1. The van der Waals surface area contributed by atoms with Crippen molar-refractivity contribution >= 4 is 17.5 Å². The molecule has 0 aliphatic rings. The van der Waals surface area contributed by atoms with Gasteiger partial charge < -0.3 is 9.47 Å². The Bertz CT molecular complexity index is 897. The second kappa shape index (κ2) is 6.96. The highest BCUT2D eigenvalue weighted by Gasteiger charge is 2.12. The lowest BCUT2D eigenvalue weighted by Crippen LogP contribution is -2.11. The average Bonchev–Trinajstić information content (AvgIpc) is 3.01. The van der Waals surface area contributed by atoms with E-state index in [1.807, 2.05) is 29.5 Å². The molecule has 0 aliphatic heterocycles. The number of benzene rings is 1. The number of ether oxygens (including phenoxy) is 2. The van der Waals surface area contributed by atoms with Crippen LogP contribution in [0.4, 0.5) is 0 Å². The smallest absolute Gasteiger partial charge is 0.252 e. The van der Waals surface area contributed by atoms with Gasteiger partial charge in [0.05, 0.1) is 14.2 Å². The number of aromatic amines is 1. The molecule has 3 rings (SSSR count). The second-order valence-electron chi connectivity index (χ2n) is 5.13. The summed E-state index contributed by atoms with van der Waals surface area (Å²) in [7, 11) is 3.25. The number of methoxy groups -OCH3 is 2. The van der Waals surface area contributed by atoms with E-state index in [0.717, 1.165) is 34.3 Å². The second-order valence-corrected chi connectivity index (χ2v) is 6.07. The van der Waals surface area contributed by atoms with Crippen LogP contribution in [0.2, 0.25) is 0 Å². The van der Waals surface area contributed by atoms with Crippen molar-refractivity contribution in [2.45, 2.75) is 24.3 Å². The van der Waals surface area contributed by atoms with Gasteiger partial charge in [0.25, 0.3) is 5.56 Å². The number of aryl methyl sites for hydroxylation is 1. The third-order valence-electron chi connectivity index (χ3n) is 3.59. The Morgan fingerprint density at radius 1 is 1.12 bits per heavy atom. The number of aromatic nitrogens is 4. The van der Waals surface area contributed by atoms with Crippen LogP contribution >= 0.6 is 11.8 Å². The summed E-state index contributed by atoms with van der Waals surface area (Å²) < 4.78 is 12.5. The van der Waals surface area contributed by atoms with E-state index in [2.05, 4.69) is 15.2 Å². The number of rotatable bonds is 6. The van der Waals surface area contributed by atoms with Crippen LogP contribution in [0.15, 0.2) is 34.2 Å². The van der Waals surface area contributed by atoms with Crippen molar-refractivity contribution in [1.82, 2.24) is 19.6 Å². The fourth-order valence-electron chi connectivity index (χ4n) is 2.42. The van der Waals surface area contributed by atoms with Gasteiger partial charge in [-0.3, -0.25) is 14.2 Å². The van der Waals surface area contributed by atoms with E-state index in [-0.39, 0.29) is 5.56 Å². The largest absolute Gasteiger partial charge is 0.497 e. The number of nitrogens with zero attached hydrogens (tertiary/aromatic N) is 3. The molecule has 0 fully saturated rings. The van der Waals surface area contributed by atoms with Gasteiger partial charge in [-0.15, -0.1) is 10.2 Å². The van der Waals surface area contributed by atoms with Crippen LogP contribution in [0.3, 0.4) is 0 Å². The van der Waals surface area contributed by atoms with Crippen LogP contribution in [0.1, 0.15) is 18.2 Å². The van der Waals surface area contributed by atoms with E-state index in [9.17, 15) is 4.79 Å². The van der Waals surface area contributed by atoms with E-state index in [4.69, 9.17) is 9.47 Å². The average molecular weight is 346 g/mol. The minimum Gasteiger partial charge on any atom is -0.497 e. The third-order valence-corrected chi connectivity index (χ3v) is 4.59. The zero-order valence-electron chi connectivity index (χ0n) is 13.7. The van der Waals surface area contributed by atoms with Crippen molar-refractivity contribution in [1.29, 1.82) is 0 Å². The molecule has 126 valence electrons. The predicted molar refractivity (Wildman–Crippen MR) is 92.1 cm³/mol. The molecular formula is C16H18N4O3S. The first kappa shape index (κ1) is 16.4. The van der Waals surface area contributed by atoms with Crippen LogP contribution in [0.5, 0.6) is 11.5 Å². The van der Waals surface area contributed by atoms with E-state index in [1.54, 1.807) is 20.3 Å². The van der Waals surface area contributed by atoms with Crippen LogP contribution in [0, 0.1) is 0 Å². The van der Waals surface area contributed by atoms with Gasteiger partial charge in [-0.05, 0) is 24.1 Å². The van der Waals surface area contributed by atoms with Crippen LogP contribution in [0.25, 0.3) is 5.78 Å². The Labute approximate surface area is 143 Å². The first-order valence-electron chi connectivity index (χ1n) is 7.46. The molecular weight excluding hydrogens is 328 g/mol. The summed E-state index contributed by atoms with van der Waals surface area (Å²) in [4.78, 5) is 14.3. The number of fused-ring (bicyclic) bond motifs is 1. The summed E-state index contributed by atoms with van der Waals surface area (Å²) in [6.45, 7) is 2.00. The maximum absolute atomic E-state index is 11.6. The SMILES string of the molecule is CCc1cc(=O)[nH]c2nnc(SCc3cc(OC)cc(OC)c3)n12. The van der Waals surface area contributed by atoms with Crippen LogP contribution in [-0.2, 0) is 12.2 Å². The van der Waals surface area contributed by atoms with Crippen molar-refractivity contribution in [3.63, 3.8) is 0 Å². The molecule has 7 nitrogen and oxygen atoms in total. The summed E-state index contributed by atoms with van der Waals surface area (Å²) >= 11 is 1.54. The predicted octanol–water partition coefficient (Wildman–Crippen LogP) is 2.29. The zero-order chi connectivity index (χ0) is 17.1. The van der Waals surface area contributed by atoms with Gasteiger partial charge in [0.15, 0.2) is 5.16 Å². The van der Waals surface area contributed by atoms with Crippen LogP contribution in [-0.4, -0.2) is 33.8 Å². The topological polar surface area (TPSA) is 81.5 Å². The van der Waals surface area contributed by atoms with Gasteiger partial charge >= 0.3 is 0 Å². The zero-order valence-corrected chi connectivity index (χ0v) is 14.5. The third kappa shape index (κ3) is 3.23. The highest BCUT2D eigenvalue weighted by molar-refractivity contribution is 7.98. The molecule has 0 atom stereocenters. The molecule has 0 saturated carbocycles. The van der Waals surface area contributed by atoms with E-state index < -0.39 is 0 Å². The number of hydrogen-bond acceptors (Lipinski definition) is 6. The Morgan fingerprint density at radius 3 is 2.46 bits per heavy atom. The van der Waals surface area contributed by atoms with E-state index >= 15 is 0 Å². The molecule has 1 aromatic carbocycles. The van der Waals surface area contributed by atoms with Gasteiger partial charge in [0, 0.05) is 23.6 Å². The maximum atomic E-state index is 11.6. The highest BCUT2D eigenvalue weighted by atomic mass is 32.2.